The van der Waals surface area contributed by atoms with Gasteiger partial charge in [-0.1, -0.05) is 6.07 Å². The molecule has 0 atom stereocenters. The van der Waals surface area contributed by atoms with Crippen molar-refractivity contribution in [3.05, 3.63) is 65.5 Å². The highest BCUT2D eigenvalue weighted by Gasteiger charge is 2.31. The summed E-state index contributed by atoms with van der Waals surface area (Å²) in [5, 5.41) is 2.89. The third-order valence-electron chi connectivity index (χ3n) is 4.47. The van der Waals surface area contributed by atoms with Crippen molar-refractivity contribution in [2.75, 3.05) is 13.1 Å². The minimum atomic E-state index is -4.42. The van der Waals surface area contributed by atoms with Crippen molar-refractivity contribution in [2.24, 2.45) is 0 Å². The van der Waals surface area contributed by atoms with Gasteiger partial charge in [0.25, 0.3) is 11.8 Å². The third-order valence-corrected chi connectivity index (χ3v) is 4.47. The highest BCUT2D eigenvalue weighted by Crippen LogP contribution is 2.29. The number of hydrogen-bond acceptors (Lipinski definition) is 3. The van der Waals surface area contributed by atoms with E-state index in [1.54, 1.807) is 29.3 Å². The largest absolute Gasteiger partial charge is 0.416 e. The molecular weight excluding hydrogens is 359 g/mol. The summed E-state index contributed by atoms with van der Waals surface area (Å²) in [6, 6.07) is 9.21. The summed E-state index contributed by atoms with van der Waals surface area (Å²) in [7, 11) is 0. The number of benzene rings is 1. The van der Waals surface area contributed by atoms with Gasteiger partial charge < -0.3 is 10.2 Å². The van der Waals surface area contributed by atoms with Crippen LogP contribution in [0, 0.1) is 0 Å². The van der Waals surface area contributed by atoms with Crippen LogP contribution < -0.4 is 5.32 Å². The van der Waals surface area contributed by atoms with E-state index in [1.807, 2.05) is 0 Å². The van der Waals surface area contributed by atoms with Gasteiger partial charge in [-0.15, -0.1) is 0 Å². The number of rotatable bonds is 3. The summed E-state index contributed by atoms with van der Waals surface area (Å²) in [5.41, 5.74) is -0.227. The molecule has 0 spiro atoms. The van der Waals surface area contributed by atoms with Crippen molar-refractivity contribution in [1.82, 2.24) is 15.2 Å². The molecular formula is C19H18F3N3O2. The van der Waals surface area contributed by atoms with E-state index < -0.39 is 11.7 Å². The normalized spacial score (nSPS) is 15.4. The monoisotopic (exact) mass is 377 g/mol. The first-order valence-corrected chi connectivity index (χ1v) is 8.53. The smallest absolute Gasteiger partial charge is 0.348 e. The fourth-order valence-electron chi connectivity index (χ4n) is 2.97. The molecule has 8 heteroatoms. The number of alkyl halides is 3. The first kappa shape index (κ1) is 18.9. The fraction of sp³-hybridized carbons (Fsp3) is 0.316. The molecule has 1 aliphatic heterocycles. The van der Waals surface area contributed by atoms with Gasteiger partial charge in [0.1, 0.15) is 5.69 Å². The summed E-state index contributed by atoms with van der Waals surface area (Å²) in [6.45, 7) is 0.847. The minimum Gasteiger partial charge on any atom is -0.348 e. The Morgan fingerprint density at radius 3 is 2.26 bits per heavy atom. The van der Waals surface area contributed by atoms with Gasteiger partial charge in [-0.3, -0.25) is 14.6 Å². The van der Waals surface area contributed by atoms with Crippen LogP contribution >= 0.6 is 0 Å². The number of likely N-dealkylation sites (tertiary alicyclic amines) is 1. The maximum Gasteiger partial charge on any atom is 0.416 e. The highest BCUT2D eigenvalue weighted by molar-refractivity contribution is 5.94. The Balaban J connectivity index is 1.54. The van der Waals surface area contributed by atoms with Crippen molar-refractivity contribution in [1.29, 1.82) is 0 Å². The van der Waals surface area contributed by atoms with Crippen LogP contribution in [0.15, 0.2) is 48.7 Å². The SMILES string of the molecule is O=C(NC1CCN(C(=O)c2ccc(C(F)(F)F)cc2)CC1)c1ccccn1. The second-order valence-electron chi connectivity index (χ2n) is 6.33. The van der Waals surface area contributed by atoms with Crippen molar-refractivity contribution in [3.63, 3.8) is 0 Å². The molecule has 0 radical (unpaired) electrons. The maximum absolute atomic E-state index is 12.6. The molecule has 0 bridgehead atoms. The van der Waals surface area contributed by atoms with Gasteiger partial charge >= 0.3 is 6.18 Å². The number of halogens is 3. The van der Waals surface area contributed by atoms with Gasteiger partial charge in [0.05, 0.1) is 5.56 Å². The molecule has 5 nitrogen and oxygen atoms in total. The van der Waals surface area contributed by atoms with Gasteiger partial charge in [-0.2, -0.15) is 13.2 Å². The molecule has 2 aromatic rings. The third kappa shape index (κ3) is 4.64. The molecule has 142 valence electrons. The van der Waals surface area contributed by atoms with Gasteiger partial charge in [0.15, 0.2) is 0 Å². The number of carbonyl (C=O) groups is 2. The molecule has 0 aliphatic carbocycles. The minimum absolute atomic E-state index is 0.0730. The van der Waals surface area contributed by atoms with E-state index in [-0.39, 0.29) is 23.4 Å². The standard InChI is InChI=1S/C19H18F3N3O2/c20-19(21,22)14-6-4-13(5-7-14)18(27)25-11-8-15(9-12-25)24-17(26)16-3-1-2-10-23-16/h1-7,10,15H,8-9,11-12H2,(H,24,26). The summed E-state index contributed by atoms with van der Waals surface area (Å²) in [6.07, 6.45) is -1.73. The van der Waals surface area contributed by atoms with Crippen LogP contribution in [0.4, 0.5) is 13.2 Å². The second-order valence-corrected chi connectivity index (χ2v) is 6.33. The summed E-state index contributed by atoms with van der Waals surface area (Å²) in [5.74, 6) is -0.568. The Kier molecular flexibility index (Phi) is 5.43. The number of piperidine rings is 1. The Bertz CT molecular complexity index is 799. The average Bonchev–Trinajstić information content (AvgIpc) is 2.68. The molecule has 27 heavy (non-hydrogen) atoms. The first-order valence-electron chi connectivity index (χ1n) is 8.53. The molecule has 0 unspecified atom stereocenters. The summed E-state index contributed by atoms with van der Waals surface area (Å²) in [4.78, 5) is 30.2. The van der Waals surface area contributed by atoms with Crippen molar-refractivity contribution in [2.45, 2.75) is 25.1 Å². The molecule has 2 amide bonds. The zero-order valence-corrected chi connectivity index (χ0v) is 14.4. The number of hydrogen-bond donors (Lipinski definition) is 1. The Morgan fingerprint density at radius 1 is 1.04 bits per heavy atom. The zero-order chi connectivity index (χ0) is 19.4. The molecule has 1 fully saturated rings. The molecule has 2 heterocycles. The Labute approximate surface area is 154 Å². The van der Waals surface area contributed by atoms with Gasteiger partial charge in [0.2, 0.25) is 0 Å². The summed E-state index contributed by atoms with van der Waals surface area (Å²) >= 11 is 0. The van der Waals surface area contributed by atoms with Gasteiger partial charge in [-0.05, 0) is 49.2 Å². The topological polar surface area (TPSA) is 62.3 Å². The van der Waals surface area contributed by atoms with Crippen LogP contribution in [0.2, 0.25) is 0 Å². The number of carbonyl (C=O) groups excluding carboxylic acids is 2. The average molecular weight is 377 g/mol. The van der Waals surface area contributed by atoms with Gasteiger partial charge in [-0.25, -0.2) is 0 Å². The molecule has 1 aromatic heterocycles. The Morgan fingerprint density at radius 2 is 1.70 bits per heavy atom. The molecule has 1 aliphatic rings. The molecule has 1 aromatic carbocycles. The van der Waals surface area contributed by atoms with Crippen LogP contribution in [0.1, 0.15) is 39.3 Å². The first-order chi connectivity index (χ1) is 12.8. The van der Waals surface area contributed by atoms with E-state index in [1.165, 1.54) is 12.1 Å². The van der Waals surface area contributed by atoms with Crippen LogP contribution in [-0.4, -0.2) is 40.8 Å². The predicted octanol–water partition coefficient (Wildman–Crippen LogP) is 3.14. The summed E-state index contributed by atoms with van der Waals surface area (Å²) < 4.78 is 37.8. The number of aromatic nitrogens is 1. The number of nitrogens with zero attached hydrogens (tertiary/aromatic N) is 2. The van der Waals surface area contributed by atoms with Crippen LogP contribution in [0.3, 0.4) is 0 Å². The van der Waals surface area contributed by atoms with E-state index in [0.29, 0.717) is 31.6 Å². The molecule has 0 saturated carbocycles. The highest BCUT2D eigenvalue weighted by atomic mass is 19.4. The lowest BCUT2D eigenvalue weighted by atomic mass is 10.0. The Hall–Kier alpha value is -2.90. The lowest BCUT2D eigenvalue weighted by Gasteiger charge is -2.32. The molecule has 3 rings (SSSR count). The molecule has 1 saturated heterocycles. The zero-order valence-electron chi connectivity index (χ0n) is 14.4. The predicted molar refractivity (Wildman–Crippen MR) is 92.1 cm³/mol. The number of pyridine rings is 1. The van der Waals surface area contributed by atoms with E-state index in [9.17, 15) is 22.8 Å². The second kappa shape index (κ2) is 7.77. The van der Waals surface area contributed by atoms with E-state index in [0.717, 1.165) is 12.1 Å². The lowest BCUT2D eigenvalue weighted by Crippen LogP contribution is -2.46. The fourth-order valence-corrected chi connectivity index (χ4v) is 2.97. The van der Waals surface area contributed by atoms with E-state index in [4.69, 9.17) is 0 Å². The number of nitrogens with one attached hydrogen (secondary N) is 1. The quantitative estimate of drug-likeness (QED) is 0.894. The van der Waals surface area contributed by atoms with Gasteiger partial charge in [0, 0.05) is 30.9 Å². The van der Waals surface area contributed by atoms with Crippen LogP contribution in [-0.2, 0) is 6.18 Å². The van der Waals surface area contributed by atoms with Crippen molar-refractivity contribution in [3.8, 4) is 0 Å². The van der Waals surface area contributed by atoms with E-state index in [2.05, 4.69) is 10.3 Å². The van der Waals surface area contributed by atoms with Crippen molar-refractivity contribution >= 4 is 11.8 Å². The van der Waals surface area contributed by atoms with E-state index >= 15 is 0 Å². The van der Waals surface area contributed by atoms with Crippen LogP contribution in [0.25, 0.3) is 0 Å². The lowest BCUT2D eigenvalue weighted by molar-refractivity contribution is -0.137. The molecule has 1 N–H and O–H groups in total. The number of amides is 2. The maximum atomic E-state index is 12.6. The van der Waals surface area contributed by atoms with Crippen LogP contribution in [0.5, 0.6) is 0 Å². The van der Waals surface area contributed by atoms with Crippen molar-refractivity contribution < 1.29 is 22.8 Å².